The van der Waals surface area contributed by atoms with Crippen LogP contribution in [0.3, 0.4) is 0 Å². The van der Waals surface area contributed by atoms with Crippen molar-refractivity contribution in [2.24, 2.45) is 0 Å². The van der Waals surface area contributed by atoms with Crippen molar-refractivity contribution in [2.45, 2.75) is 26.9 Å². The molecule has 0 amide bonds. The summed E-state index contributed by atoms with van der Waals surface area (Å²) < 4.78 is 0. The third-order valence-electron chi connectivity index (χ3n) is 3.85. The zero-order chi connectivity index (χ0) is 19.2. The molecule has 3 heterocycles. The van der Waals surface area contributed by atoms with Crippen LogP contribution in [0.4, 0.5) is 17.3 Å². The van der Waals surface area contributed by atoms with E-state index in [1.165, 1.54) is 6.07 Å². The van der Waals surface area contributed by atoms with Gasteiger partial charge in [0, 0.05) is 17.5 Å². The van der Waals surface area contributed by atoms with E-state index >= 15 is 0 Å². The first-order valence-electron chi connectivity index (χ1n) is 8.49. The van der Waals surface area contributed by atoms with Gasteiger partial charge in [0.25, 0.3) is 0 Å². The lowest BCUT2D eigenvalue weighted by atomic mass is 10.3. The van der Waals surface area contributed by atoms with Gasteiger partial charge in [0.15, 0.2) is 0 Å². The van der Waals surface area contributed by atoms with Crippen LogP contribution < -0.4 is 10.6 Å². The Morgan fingerprint density at radius 2 is 1.44 bits per heavy atom. The molecule has 27 heavy (non-hydrogen) atoms. The highest BCUT2D eigenvalue weighted by atomic mass is 16.6. The Morgan fingerprint density at radius 1 is 0.852 bits per heavy atom. The summed E-state index contributed by atoms with van der Waals surface area (Å²) in [6, 6.07) is 14.4. The average molecular weight is 364 g/mol. The molecule has 0 aliphatic carbocycles. The van der Waals surface area contributed by atoms with Gasteiger partial charge in [0.1, 0.15) is 5.82 Å². The van der Waals surface area contributed by atoms with Crippen LogP contribution in [-0.4, -0.2) is 19.9 Å². The van der Waals surface area contributed by atoms with Crippen LogP contribution in [-0.2, 0) is 13.1 Å². The molecule has 0 saturated carbocycles. The quantitative estimate of drug-likeness (QED) is 0.487. The molecule has 0 bridgehead atoms. The Labute approximate surface area is 156 Å². The highest BCUT2D eigenvalue weighted by Gasteiger charge is 2.16. The Kier molecular flexibility index (Phi) is 5.55. The highest BCUT2D eigenvalue weighted by Crippen LogP contribution is 2.24. The van der Waals surface area contributed by atoms with Gasteiger partial charge < -0.3 is 10.6 Å². The van der Waals surface area contributed by atoms with Gasteiger partial charge in [0.05, 0.1) is 29.4 Å². The van der Waals surface area contributed by atoms with Gasteiger partial charge in [0.2, 0.25) is 5.82 Å². The molecule has 0 aliphatic heterocycles. The van der Waals surface area contributed by atoms with Crippen molar-refractivity contribution in [3.63, 3.8) is 0 Å². The summed E-state index contributed by atoms with van der Waals surface area (Å²) in [5.74, 6) is 0.731. The van der Waals surface area contributed by atoms with Gasteiger partial charge >= 0.3 is 5.69 Å². The Bertz CT molecular complexity index is 960. The molecule has 0 atom stereocenters. The molecule has 0 aromatic carbocycles. The van der Waals surface area contributed by atoms with E-state index in [9.17, 15) is 10.1 Å². The lowest BCUT2D eigenvalue weighted by Gasteiger charge is -2.10. The fourth-order valence-corrected chi connectivity index (χ4v) is 2.58. The van der Waals surface area contributed by atoms with Crippen molar-refractivity contribution in [3.8, 4) is 0 Å². The predicted octanol–water partition coefficient (Wildman–Crippen LogP) is 3.62. The minimum absolute atomic E-state index is 0.0816. The van der Waals surface area contributed by atoms with Crippen LogP contribution >= 0.6 is 0 Å². The third kappa shape index (κ3) is 4.97. The minimum Gasteiger partial charge on any atom is -0.364 e. The van der Waals surface area contributed by atoms with E-state index in [1.807, 2.05) is 50.2 Å². The van der Waals surface area contributed by atoms with Crippen molar-refractivity contribution < 1.29 is 4.92 Å². The van der Waals surface area contributed by atoms with Crippen LogP contribution in [0.25, 0.3) is 0 Å². The maximum Gasteiger partial charge on any atom is 0.311 e. The van der Waals surface area contributed by atoms with Crippen LogP contribution in [0.1, 0.15) is 22.8 Å². The number of anilines is 2. The first-order valence-corrected chi connectivity index (χ1v) is 8.49. The molecule has 8 nitrogen and oxygen atoms in total. The second-order valence-corrected chi connectivity index (χ2v) is 6.07. The second kappa shape index (κ2) is 8.22. The summed E-state index contributed by atoms with van der Waals surface area (Å²) >= 11 is 0. The van der Waals surface area contributed by atoms with Crippen molar-refractivity contribution in [1.82, 2.24) is 15.0 Å². The summed E-state index contributed by atoms with van der Waals surface area (Å²) in [5, 5.41) is 17.5. The molecular formula is C19H20N6O2. The van der Waals surface area contributed by atoms with Crippen molar-refractivity contribution in [2.75, 3.05) is 10.6 Å². The van der Waals surface area contributed by atoms with Crippen molar-refractivity contribution in [3.05, 3.63) is 81.4 Å². The van der Waals surface area contributed by atoms with E-state index in [2.05, 4.69) is 25.6 Å². The smallest absolute Gasteiger partial charge is 0.311 e. The molecular weight excluding hydrogens is 344 g/mol. The van der Waals surface area contributed by atoms with Crippen LogP contribution in [0.2, 0.25) is 0 Å². The maximum absolute atomic E-state index is 11.3. The number of aromatic nitrogens is 3. The van der Waals surface area contributed by atoms with Gasteiger partial charge in [-0.3, -0.25) is 20.1 Å². The molecule has 0 aliphatic rings. The Hall–Kier alpha value is -3.55. The molecule has 0 fully saturated rings. The van der Waals surface area contributed by atoms with Crippen LogP contribution in [0, 0.1) is 24.0 Å². The Balaban J connectivity index is 1.74. The number of hydrogen-bond donors (Lipinski definition) is 2. The Morgan fingerprint density at radius 3 is 2.00 bits per heavy atom. The average Bonchev–Trinajstić information content (AvgIpc) is 2.65. The first-order chi connectivity index (χ1) is 13.0. The summed E-state index contributed by atoms with van der Waals surface area (Å²) in [4.78, 5) is 24.0. The van der Waals surface area contributed by atoms with E-state index in [4.69, 9.17) is 0 Å². The third-order valence-corrected chi connectivity index (χ3v) is 3.85. The SMILES string of the molecule is Cc1cccc(CNc2ccc([N+](=O)[O-])c(NCc3cccc(C)n3)n2)n1. The lowest BCUT2D eigenvalue weighted by Crippen LogP contribution is -2.09. The predicted molar refractivity (Wildman–Crippen MR) is 103 cm³/mol. The molecule has 0 radical (unpaired) electrons. The standard InChI is InChI=1S/C19H20N6O2/c1-13-5-3-7-15(22-13)11-20-18-10-9-17(25(26)27)19(24-18)21-12-16-8-4-6-14(2)23-16/h3-10H,11-12H2,1-2H3,(H2,20,21,24). The van der Waals surface area contributed by atoms with E-state index in [0.29, 0.717) is 18.9 Å². The number of nitrogens with one attached hydrogen (secondary N) is 2. The highest BCUT2D eigenvalue weighted by molar-refractivity contribution is 5.60. The molecule has 0 spiro atoms. The summed E-state index contributed by atoms with van der Waals surface area (Å²) in [7, 11) is 0. The van der Waals surface area contributed by atoms with Gasteiger partial charge in [-0.05, 0) is 44.2 Å². The normalized spacial score (nSPS) is 10.4. The van der Waals surface area contributed by atoms with Crippen molar-refractivity contribution >= 4 is 17.3 Å². The van der Waals surface area contributed by atoms with Gasteiger partial charge in [-0.25, -0.2) is 4.98 Å². The summed E-state index contributed by atoms with van der Waals surface area (Å²) in [6.07, 6.45) is 0. The van der Waals surface area contributed by atoms with Crippen LogP contribution in [0.15, 0.2) is 48.5 Å². The molecule has 3 rings (SSSR count). The molecule has 3 aromatic rings. The van der Waals surface area contributed by atoms with E-state index in [-0.39, 0.29) is 11.5 Å². The van der Waals surface area contributed by atoms with Gasteiger partial charge in [-0.15, -0.1) is 0 Å². The van der Waals surface area contributed by atoms with Gasteiger partial charge in [-0.1, -0.05) is 12.1 Å². The molecule has 2 N–H and O–H groups in total. The summed E-state index contributed by atoms with van der Waals surface area (Å²) in [6.45, 7) is 4.65. The lowest BCUT2D eigenvalue weighted by molar-refractivity contribution is -0.384. The maximum atomic E-state index is 11.3. The summed E-state index contributed by atoms with van der Waals surface area (Å²) in [5.41, 5.74) is 3.39. The number of pyridine rings is 3. The molecule has 8 heteroatoms. The fourth-order valence-electron chi connectivity index (χ4n) is 2.58. The number of nitrogens with zero attached hydrogens (tertiary/aromatic N) is 4. The topological polar surface area (TPSA) is 106 Å². The largest absolute Gasteiger partial charge is 0.364 e. The van der Waals surface area contributed by atoms with E-state index in [1.54, 1.807) is 6.07 Å². The molecule has 138 valence electrons. The number of aryl methyl sites for hydroxylation is 2. The molecule has 0 saturated heterocycles. The number of hydrogen-bond acceptors (Lipinski definition) is 7. The number of nitro groups is 1. The molecule has 3 aromatic heterocycles. The second-order valence-electron chi connectivity index (χ2n) is 6.07. The zero-order valence-corrected chi connectivity index (χ0v) is 15.1. The van der Waals surface area contributed by atoms with Crippen molar-refractivity contribution in [1.29, 1.82) is 0 Å². The van der Waals surface area contributed by atoms with Crippen LogP contribution in [0.5, 0.6) is 0 Å². The first kappa shape index (κ1) is 18.2. The number of rotatable bonds is 7. The van der Waals surface area contributed by atoms with E-state index < -0.39 is 4.92 Å². The van der Waals surface area contributed by atoms with Gasteiger partial charge in [-0.2, -0.15) is 0 Å². The molecule has 0 unspecified atom stereocenters. The fraction of sp³-hybridized carbons (Fsp3) is 0.211. The minimum atomic E-state index is -0.453. The zero-order valence-electron chi connectivity index (χ0n) is 15.1. The van der Waals surface area contributed by atoms with E-state index in [0.717, 1.165) is 22.8 Å². The monoisotopic (exact) mass is 364 g/mol.